The van der Waals surface area contributed by atoms with Gasteiger partial charge in [-0.2, -0.15) is 0 Å². The molecule has 1 fully saturated rings. The smallest absolute Gasteiger partial charge is 0.0395 e. The minimum Gasteiger partial charge on any atom is -0.327 e. The zero-order valence-electron chi connectivity index (χ0n) is 20.4. The lowest BCUT2D eigenvalue weighted by atomic mass is 9.60. The van der Waals surface area contributed by atoms with Crippen LogP contribution in [0.4, 0.5) is 0 Å². The second-order valence-electron chi connectivity index (χ2n) is 12.1. The molecule has 1 saturated carbocycles. The lowest BCUT2D eigenvalue weighted by Gasteiger charge is -2.44. The largest absolute Gasteiger partial charge is 0.327 e. The molecule has 0 aromatic rings. The normalized spacial score (nSPS) is 40.8. The molecule has 4 aliphatic carbocycles. The fourth-order valence-electron chi connectivity index (χ4n) is 8.21. The van der Waals surface area contributed by atoms with Gasteiger partial charge in [0.15, 0.2) is 0 Å². The molecule has 0 radical (unpaired) electrons. The third kappa shape index (κ3) is 3.81. The quantitative estimate of drug-likeness (QED) is 0.495. The number of nitrogens with zero attached hydrogens (tertiary/aromatic N) is 1. The summed E-state index contributed by atoms with van der Waals surface area (Å²) in [6, 6.07) is 0.372. The van der Waals surface area contributed by atoms with Gasteiger partial charge >= 0.3 is 0 Å². The van der Waals surface area contributed by atoms with Gasteiger partial charge < -0.3 is 5.73 Å². The zero-order chi connectivity index (χ0) is 21.8. The maximum Gasteiger partial charge on any atom is 0.0395 e. The summed E-state index contributed by atoms with van der Waals surface area (Å²) >= 11 is 0. The molecular weight excluding hydrogens is 376 g/mol. The van der Waals surface area contributed by atoms with E-state index in [9.17, 15) is 0 Å². The number of nitrogens with two attached hydrogens (primary N) is 1. The Balaban J connectivity index is 1.35. The van der Waals surface area contributed by atoms with Crippen LogP contribution in [0.3, 0.4) is 0 Å². The molecule has 2 N–H and O–H groups in total. The van der Waals surface area contributed by atoms with Crippen LogP contribution in [-0.4, -0.2) is 18.3 Å². The fourth-order valence-corrected chi connectivity index (χ4v) is 8.21. The van der Waals surface area contributed by atoms with E-state index in [1.807, 2.05) is 0 Å². The SMILES string of the molecule is CC(C)C1CCN=C1CC(C)C1CCC2C3=CC[C@H]4C[C@H](N)CC=C4CC3=CC[C@@]21C. The third-order valence-corrected chi connectivity index (χ3v) is 9.96. The molecule has 170 valence electrons. The molecule has 0 amide bonds. The molecule has 0 bridgehead atoms. The Hall–Kier alpha value is -1.15. The van der Waals surface area contributed by atoms with Crippen molar-refractivity contribution in [1.29, 1.82) is 0 Å². The van der Waals surface area contributed by atoms with Crippen molar-refractivity contribution in [3.8, 4) is 0 Å². The first-order chi connectivity index (χ1) is 14.9. The highest BCUT2D eigenvalue weighted by Crippen LogP contribution is 2.61. The van der Waals surface area contributed by atoms with Crippen molar-refractivity contribution < 1.29 is 0 Å². The number of rotatable bonds is 4. The minimum absolute atomic E-state index is 0.372. The second kappa shape index (κ2) is 8.32. The first-order valence-corrected chi connectivity index (χ1v) is 13.2. The summed E-state index contributed by atoms with van der Waals surface area (Å²) in [5.74, 6) is 4.50. The molecule has 4 unspecified atom stereocenters. The Kier molecular flexibility index (Phi) is 5.82. The van der Waals surface area contributed by atoms with E-state index in [0.29, 0.717) is 17.4 Å². The number of fused-ring (bicyclic) bond motifs is 4. The van der Waals surface area contributed by atoms with Crippen LogP contribution >= 0.6 is 0 Å². The van der Waals surface area contributed by atoms with Gasteiger partial charge in [0.2, 0.25) is 0 Å². The summed E-state index contributed by atoms with van der Waals surface area (Å²) in [4.78, 5) is 4.98. The van der Waals surface area contributed by atoms with Gasteiger partial charge in [-0.1, -0.05) is 51.5 Å². The van der Waals surface area contributed by atoms with Crippen LogP contribution in [-0.2, 0) is 0 Å². The Morgan fingerprint density at radius 2 is 1.94 bits per heavy atom. The molecule has 1 aliphatic heterocycles. The molecular formula is C29H44N2. The molecule has 0 saturated heterocycles. The summed E-state index contributed by atoms with van der Waals surface area (Å²) < 4.78 is 0. The first kappa shape index (κ1) is 21.7. The first-order valence-electron chi connectivity index (χ1n) is 13.2. The van der Waals surface area contributed by atoms with Crippen LogP contribution < -0.4 is 5.73 Å². The van der Waals surface area contributed by atoms with E-state index < -0.39 is 0 Å². The van der Waals surface area contributed by atoms with E-state index in [-0.39, 0.29) is 0 Å². The molecule has 1 heterocycles. The van der Waals surface area contributed by atoms with Gasteiger partial charge in [-0.25, -0.2) is 0 Å². The van der Waals surface area contributed by atoms with Gasteiger partial charge in [0, 0.05) is 24.2 Å². The lowest BCUT2D eigenvalue weighted by Crippen LogP contribution is -2.36. The van der Waals surface area contributed by atoms with Gasteiger partial charge in [0.25, 0.3) is 0 Å². The molecule has 5 rings (SSSR count). The molecule has 0 aromatic carbocycles. The molecule has 31 heavy (non-hydrogen) atoms. The van der Waals surface area contributed by atoms with Crippen molar-refractivity contribution >= 4 is 5.71 Å². The van der Waals surface area contributed by atoms with E-state index in [4.69, 9.17) is 10.7 Å². The van der Waals surface area contributed by atoms with Crippen LogP contribution in [0.2, 0.25) is 0 Å². The summed E-state index contributed by atoms with van der Waals surface area (Å²) in [6.07, 6.45) is 19.0. The van der Waals surface area contributed by atoms with Crippen LogP contribution in [0.5, 0.6) is 0 Å². The summed E-state index contributed by atoms with van der Waals surface area (Å²) in [5, 5.41) is 0. The van der Waals surface area contributed by atoms with E-state index in [0.717, 1.165) is 42.6 Å². The van der Waals surface area contributed by atoms with E-state index in [2.05, 4.69) is 45.9 Å². The second-order valence-corrected chi connectivity index (χ2v) is 12.1. The molecule has 2 heteroatoms. The Bertz CT molecular complexity index is 828. The van der Waals surface area contributed by atoms with Gasteiger partial charge in [0.1, 0.15) is 0 Å². The molecule has 0 aromatic heterocycles. The maximum atomic E-state index is 6.30. The predicted octanol–water partition coefficient (Wildman–Crippen LogP) is 6.88. The van der Waals surface area contributed by atoms with Gasteiger partial charge in [-0.05, 0) is 104 Å². The summed E-state index contributed by atoms with van der Waals surface area (Å²) in [7, 11) is 0. The van der Waals surface area contributed by atoms with E-state index in [1.165, 1.54) is 51.4 Å². The van der Waals surface area contributed by atoms with Gasteiger partial charge in [-0.15, -0.1) is 0 Å². The van der Waals surface area contributed by atoms with Gasteiger partial charge in [0.05, 0.1) is 0 Å². The summed E-state index contributed by atoms with van der Waals surface area (Å²) in [5.41, 5.74) is 13.4. The monoisotopic (exact) mass is 420 g/mol. The molecule has 5 aliphatic rings. The maximum absolute atomic E-state index is 6.30. The van der Waals surface area contributed by atoms with Crippen LogP contribution in [0.25, 0.3) is 0 Å². The zero-order valence-corrected chi connectivity index (χ0v) is 20.4. The van der Waals surface area contributed by atoms with Gasteiger partial charge in [-0.3, -0.25) is 4.99 Å². The number of aliphatic imine (C=N–C) groups is 1. The number of allylic oxidation sites excluding steroid dienone is 5. The van der Waals surface area contributed by atoms with E-state index >= 15 is 0 Å². The standard InChI is InChI=1S/C29H44N2/c1-18(2)24-12-14-31-28(24)15-19(3)26-9-10-27-25-8-6-21-17-23(30)7-5-20(21)16-22(25)11-13-29(26,27)4/h5,8,11,18-19,21,23-24,26-27H,6-7,9-10,12-17,30H2,1-4H3/t19?,21-,23+,24?,26?,27?,29+/m0/s1. The summed E-state index contributed by atoms with van der Waals surface area (Å²) in [6.45, 7) is 11.0. The predicted molar refractivity (Wildman–Crippen MR) is 132 cm³/mol. The fraction of sp³-hybridized carbons (Fsp3) is 0.759. The highest BCUT2D eigenvalue weighted by atomic mass is 14.8. The van der Waals surface area contributed by atoms with Crippen molar-refractivity contribution in [2.75, 3.05) is 6.54 Å². The topological polar surface area (TPSA) is 38.4 Å². The van der Waals surface area contributed by atoms with Crippen molar-refractivity contribution in [3.63, 3.8) is 0 Å². The lowest BCUT2D eigenvalue weighted by molar-refractivity contribution is 0.130. The van der Waals surface area contributed by atoms with Crippen molar-refractivity contribution in [1.82, 2.24) is 0 Å². The Labute approximate surface area is 190 Å². The van der Waals surface area contributed by atoms with Crippen LogP contribution in [0.15, 0.2) is 39.9 Å². The number of hydrogen-bond donors (Lipinski definition) is 1. The third-order valence-electron chi connectivity index (χ3n) is 9.96. The van der Waals surface area contributed by atoms with Crippen molar-refractivity contribution in [2.45, 2.75) is 91.5 Å². The molecule has 7 atom stereocenters. The average molecular weight is 421 g/mol. The minimum atomic E-state index is 0.372. The molecule has 0 spiro atoms. The van der Waals surface area contributed by atoms with Crippen molar-refractivity contribution in [2.24, 2.45) is 51.6 Å². The van der Waals surface area contributed by atoms with Crippen LogP contribution in [0, 0.1) is 40.9 Å². The van der Waals surface area contributed by atoms with E-state index in [1.54, 1.807) is 22.4 Å². The van der Waals surface area contributed by atoms with Crippen molar-refractivity contribution in [3.05, 3.63) is 34.9 Å². The Morgan fingerprint density at radius 1 is 1.10 bits per heavy atom. The van der Waals surface area contributed by atoms with Crippen LogP contribution in [0.1, 0.15) is 85.5 Å². The Morgan fingerprint density at radius 3 is 2.74 bits per heavy atom. The highest BCUT2D eigenvalue weighted by Gasteiger charge is 2.51. The highest BCUT2D eigenvalue weighted by molar-refractivity contribution is 5.88. The number of hydrogen-bond acceptors (Lipinski definition) is 2. The molecule has 2 nitrogen and oxygen atoms in total. The average Bonchev–Trinajstić information content (AvgIpc) is 3.28.